The lowest BCUT2D eigenvalue weighted by Gasteiger charge is -2.09. The van der Waals surface area contributed by atoms with Gasteiger partial charge in [0.1, 0.15) is 17.8 Å². The molecule has 3 heterocycles. The topological polar surface area (TPSA) is 78.9 Å². The zero-order valence-corrected chi connectivity index (χ0v) is 15.0. The van der Waals surface area contributed by atoms with Crippen molar-refractivity contribution in [2.45, 2.75) is 20.1 Å². The van der Waals surface area contributed by atoms with E-state index in [1.165, 1.54) is 23.0 Å². The summed E-state index contributed by atoms with van der Waals surface area (Å²) < 4.78 is 50.3. The highest BCUT2D eigenvalue weighted by Gasteiger charge is 2.16. The number of aromatic nitrogens is 5. The minimum atomic E-state index is -3.01. The molecule has 28 heavy (non-hydrogen) atoms. The standard InChI is InChI=1S/C17H11ClF3N5O2/c1-8-23-24-14(27-8)7-26-12-4-10(6-22-15(12)16(19)25-26)9-2-3-11(18)13(5-9)28-17(20)21/h2-6,17H,7H2,1H3. The predicted octanol–water partition coefficient (Wildman–Crippen LogP) is 4.23. The number of benzene rings is 1. The van der Waals surface area contributed by atoms with Crippen molar-refractivity contribution in [2.75, 3.05) is 0 Å². The number of hydrogen-bond acceptors (Lipinski definition) is 6. The maximum Gasteiger partial charge on any atom is 0.387 e. The summed E-state index contributed by atoms with van der Waals surface area (Å²) in [7, 11) is 0. The van der Waals surface area contributed by atoms with E-state index >= 15 is 0 Å². The quantitative estimate of drug-likeness (QED) is 0.491. The van der Waals surface area contributed by atoms with Gasteiger partial charge in [0.2, 0.25) is 11.8 Å². The molecule has 0 aliphatic heterocycles. The summed E-state index contributed by atoms with van der Waals surface area (Å²) in [5, 5.41) is 11.4. The van der Waals surface area contributed by atoms with Gasteiger partial charge in [0, 0.05) is 18.7 Å². The van der Waals surface area contributed by atoms with E-state index in [0.717, 1.165) is 0 Å². The molecule has 0 N–H and O–H groups in total. The van der Waals surface area contributed by atoms with Crippen molar-refractivity contribution >= 4 is 22.6 Å². The fraction of sp³-hybridized carbons (Fsp3) is 0.176. The van der Waals surface area contributed by atoms with Crippen LogP contribution in [0.5, 0.6) is 5.75 Å². The molecule has 0 atom stereocenters. The van der Waals surface area contributed by atoms with Crippen molar-refractivity contribution in [3.8, 4) is 16.9 Å². The monoisotopic (exact) mass is 409 g/mol. The van der Waals surface area contributed by atoms with Crippen LogP contribution in [0.2, 0.25) is 5.02 Å². The van der Waals surface area contributed by atoms with E-state index < -0.39 is 12.6 Å². The van der Waals surface area contributed by atoms with Crippen molar-refractivity contribution in [3.63, 3.8) is 0 Å². The van der Waals surface area contributed by atoms with Gasteiger partial charge in [-0.3, -0.25) is 4.68 Å². The molecule has 0 aliphatic carbocycles. The minimum absolute atomic E-state index is 0.0425. The predicted molar refractivity (Wildman–Crippen MR) is 92.7 cm³/mol. The summed E-state index contributed by atoms with van der Waals surface area (Å²) in [6.45, 7) is -1.33. The molecule has 0 saturated heterocycles. The fourth-order valence-corrected chi connectivity index (χ4v) is 2.86. The van der Waals surface area contributed by atoms with Gasteiger partial charge < -0.3 is 9.15 Å². The summed E-state index contributed by atoms with van der Waals surface area (Å²) in [6, 6.07) is 6.02. The van der Waals surface area contributed by atoms with Crippen LogP contribution in [-0.4, -0.2) is 31.6 Å². The fourth-order valence-electron chi connectivity index (χ4n) is 2.69. The number of alkyl halides is 2. The van der Waals surface area contributed by atoms with Crippen LogP contribution < -0.4 is 4.74 Å². The molecule has 144 valence electrons. The maximum absolute atomic E-state index is 14.1. The Balaban J connectivity index is 1.76. The number of fused-ring (bicyclic) bond motifs is 1. The van der Waals surface area contributed by atoms with Crippen molar-refractivity contribution in [3.05, 3.63) is 53.2 Å². The Morgan fingerprint density at radius 1 is 1.21 bits per heavy atom. The van der Waals surface area contributed by atoms with Crippen LogP contribution >= 0.6 is 11.6 Å². The Bertz CT molecular complexity index is 1160. The normalized spacial score (nSPS) is 11.5. The highest BCUT2D eigenvalue weighted by atomic mass is 35.5. The molecular weight excluding hydrogens is 399 g/mol. The Hall–Kier alpha value is -3.14. The molecule has 1 aromatic carbocycles. The van der Waals surface area contributed by atoms with Gasteiger partial charge in [0.25, 0.3) is 5.95 Å². The third kappa shape index (κ3) is 3.50. The molecular formula is C17H11ClF3N5O2. The van der Waals surface area contributed by atoms with E-state index in [1.807, 2.05) is 0 Å². The van der Waals surface area contributed by atoms with Crippen LogP contribution in [0.4, 0.5) is 13.2 Å². The maximum atomic E-state index is 14.1. The SMILES string of the molecule is Cc1nnc(Cn2nc(F)c3ncc(-c4ccc(Cl)c(OC(F)F)c4)cc32)o1. The van der Waals surface area contributed by atoms with E-state index in [1.54, 1.807) is 19.1 Å². The third-order valence-corrected chi connectivity index (χ3v) is 4.20. The number of nitrogens with zero attached hydrogens (tertiary/aromatic N) is 5. The van der Waals surface area contributed by atoms with Crippen molar-refractivity contribution in [2.24, 2.45) is 0 Å². The summed E-state index contributed by atoms with van der Waals surface area (Å²) >= 11 is 5.88. The molecule has 4 rings (SSSR count). The number of ether oxygens (including phenoxy) is 1. The third-order valence-electron chi connectivity index (χ3n) is 3.88. The first-order valence-corrected chi connectivity index (χ1v) is 8.34. The van der Waals surface area contributed by atoms with Crippen molar-refractivity contribution in [1.82, 2.24) is 25.0 Å². The summed E-state index contributed by atoms with van der Waals surface area (Å²) in [4.78, 5) is 4.09. The van der Waals surface area contributed by atoms with Crippen LogP contribution in [0.3, 0.4) is 0 Å². The first-order chi connectivity index (χ1) is 13.4. The molecule has 3 aromatic heterocycles. The number of aryl methyl sites for hydroxylation is 1. The van der Waals surface area contributed by atoms with Crippen LogP contribution in [0.25, 0.3) is 22.2 Å². The Morgan fingerprint density at radius 3 is 2.75 bits per heavy atom. The van der Waals surface area contributed by atoms with Gasteiger partial charge in [-0.2, -0.15) is 13.2 Å². The Morgan fingerprint density at radius 2 is 2.04 bits per heavy atom. The lowest BCUT2D eigenvalue weighted by molar-refractivity contribution is -0.0497. The summed E-state index contributed by atoms with van der Waals surface area (Å²) in [6.07, 6.45) is 1.41. The van der Waals surface area contributed by atoms with Crippen LogP contribution in [0.1, 0.15) is 11.8 Å². The smallest absolute Gasteiger partial charge is 0.387 e. The molecule has 0 saturated carbocycles. The minimum Gasteiger partial charge on any atom is -0.433 e. The molecule has 7 nitrogen and oxygen atoms in total. The van der Waals surface area contributed by atoms with E-state index in [2.05, 4.69) is 25.0 Å². The molecule has 4 aromatic rings. The lowest BCUT2D eigenvalue weighted by Crippen LogP contribution is -2.03. The average molecular weight is 410 g/mol. The molecule has 0 spiro atoms. The number of hydrogen-bond donors (Lipinski definition) is 0. The number of rotatable bonds is 5. The molecule has 11 heteroatoms. The second-order valence-electron chi connectivity index (χ2n) is 5.78. The van der Waals surface area contributed by atoms with Crippen LogP contribution in [-0.2, 0) is 6.54 Å². The first kappa shape index (κ1) is 18.2. The van der Waals surface area contributed by atoms with E-state index in [9.17, 15) is 13.2 Å². The van der Waals surface area contributed by atoms with Crippen LogP contribution in [0.15, 0.2) is 34.9 Å². The second-order valence-corrected chi connectivity index (χ2v) is 6.19. The molecule has 0 radical (unpaired) electrons. The molecule has 0 unspecified atom stereocenters. The zero-order valence-electron chi connectivity index (χ0n) is 14.2. The van der Waals surface area contributed by atoms with Gasteiger partial charge in [-0.25, -0.2) is 4.98 Å². The average Bonchev–Trinajstić information content (AvgIpc) is 3.20. The highest BCUT2D eigenvalue weighted by Crippen LogP contribution is 2.32. The van der Waals surface area contributed by atoms with E-state index in [-0.39, 0.29) is 28.7 Å². The lowest BCUT2D eigenvalue weighted by atomic mass is 10.1. The molecule has 0 amide bonds. The Kier molecular flexibility index (Phi) is 4.63. The van der Waals surface area contributed by atoms with Crippen LogP contribution in [0, 0.1) is 12.9 Å². The number of halogens is 4. The molecule has 0 aliphatic rings. The molecule has 0 bridgehead atoms. The van der Waals surface area contributed by atoms with Gasteiger partial charge >= 0.3 is 6.61 Å². The van der Waals surface area contributed by atoms with E-state index in [4.69, 9.17) is 16.0 Å². The number of pyridine rings is 1. The second kappa shape index (κ2) is 7.12. The van der Waals surface area contributed by atoms with Gasteiger partial charge in [0.15, 0.2) is 0 Å². The molecule has 0 fully saturated rings. The summed E-state index contributed by atoms with van der Waals surface area (Å²) in [5.41, 5.74) is 1.47. The van der Waals surface area contributed by atoms with Crippen molar-refractivity contribution < 1.29 is 22.3 Å². The Labute approximate surface area is 160 Å². The van der Waals surface area contributed by atoms with Gasteiger partial charge in [-0.1, -0.05) is 17.7 Å². The van der Waals surface area contributed by atoms with Crippen molar-refractivity contribution in [1.29, 1.82) is 0 Å². The van der Waals surface area contributed by atoms with Gasteiger partial charge in [-0.05, 0) is 23.8 Å². The first-order valence-electron chi connectivity index (χ1n) is 7.96. The zero-order chi connectivity index (χ0) is 19.8. The summed E-state index contributed by atoms with van der Waals surface area (Å²) in [5.74, 6) is -0.296. The largest absolute Gasteiger partial charge is 0.433 e. The highest BCUT2D eigenvalue weighted by molar-refractivity contribution is 6.32. The van der Waals surface area contributed by atoms with Gasteiger partial charge in [0.05, 0.1) is 10.5 Å². The van der Waals surface area contributed by atoms with Gasteiger partial charge in [-0.15, -0.1) is 15.3 Å². The van der Waals surface area contributed by atoms with E-state index in [0.29, 0.717) is 22.5 Å².